The van der Waals surface area contributed by atoms with Crippen LogP contribution in [0.15, 0.2) is 78.9 Å². The van der Waals surface area contributed by atoms with Crippen molar-refractivity contribution in [2.24, 2.45) is 0 Å². The molecule has 2 nitrogen and oxygen atoms in total. The molecule has 0 saturated carbocycles. The first-order valence-electron chi connectivity index (χ1n) is 9.17. The minimum Gasteiger partial charge on any atom is -0.285 e. The van der Waals surface area contributed by atoms with Gasteiger partial charge < -0.3 is 0 Å². The zero-order valence-electron chi connectivity index (χ0n) is 15.7. The summed E-state index contributed by atoms with van der Waals surface area (Å²) in [5.41, 5.74) is 5.14. The predicted octanol–water partition coefficient (Wildman–Crippen LogP) is 5.10. The van der Waals surface area contributed by atoms with E-state index in [0.29, 0.717) is 0 Å². The molecule has 0 unspecified atom stereocenters. The molecule has 1 heterocycles. The van der Waals surface area contributed by atoms with Crippen LogP contribution in [0.5, 0.6) is 0 Å². The van der Waals surface area contributed by atoms with E-state index in [1.807, 2.05) is 0 Å². The second-order valence-electron chi connectivity index (χ2n) is 7.83. The lowest BCUT2D eigenvalue weighted by Crippen LogP contribution is -2.44. The highest BCUT2D eigenvalue weighted by atomic mass is 28.3. The normalized spacial score (nSPS) is 14.0. The van der Waals surface area contributed by atoms with Crippen LogP contribution in [0.1, 0.15) is 5.56 Å². The average molecular weight is 358 g/mol. The SMILES string of the molecule is C[Si](C)(C)c1cccc2c1N(c1ccccc1)C[N+](c1ccccc1)=C2. The number of hydrogen-bond donors (Lipinski definition) is 0. The van der Waals surface area contributed by atoms with Crippen molar-refractivity contribution < 1.29 is 4.58 Å². The van der Waals surface area contributed by atoms with Crippen LogP contribution in [-0.4, -0.2) is 25.5 Å². The van der Waals surface area contributed by atoms with Crippen molar-refractivity contribution in [1.82, 2.24) is 0 Å². The predicted molar refractivity (Wildman–Crippen MR) is 114 cm³/mol. The molecule has 0 fully saturated rings. The summed E-state index contributed by atoms with van der Waals surface area (Å²) < 4.78 is 2.34. The number of hydrogen-bond acceptors (Lipinski definition) is 1. The smallest absolute Gasteiger partial charge is 0.228 e. The van der Waals surface area contributed by atoms with Crippen molar-refractivity contribution in [3.05, 3.63) is 84.4 Å². The second kappa shape index (κ2) is 6.58. The van der Waals surface area contributed by atoms with E-state index >= 15 is 0 Å². The van der Waals surface area contributed by atoms with Crippen LogP contribution in [0.2, 0.25) is 19.6 Å². The van der Waals surface area contributed by atoms with Crippen molar-refractivity contribution in [3.63, 3.8) is 0 Å². The molecule has 0 bridgehead atoms. The van der Waals surface area contributed by atoms with Gasteiger partial charge in [0.05, 0.1) is 19.3 Å². The Hall–Kier alpha value is -2.65. The third kappa shape index (κ3) is 3.11. The Bertz CT molecular complexity index is 941. The van der Waals surface area contributed by atoms with Gasteiger partial charge in [-0.1, -0.05) is 68.2 Å². The quantitative estimate of drug-likeness (QED) is 0.467. The minimum atomic E-state index is -1.47. The molecule has 4 rings (SSSR count). The molecule has 0 spiro atoms. The zero-order chi connectivity index (χ0) is 18.1. The molecule has 0 radical (unpaired) electrons. The van der Waals surface area contributed by atoms with Gasteiger partial charge in [0.15, 0.2) is 6.21 Å². The van der Waals surface area contributed by atoms with E-state index in [1.165, 1.54) is 27.8 Å². The van der Waals surface area contributed by atoms with E-state index in [0.717, 1.165) is 6.67 Å². The fourth-order valence-electron chi connectivity index (χ4n) is 3.60. The summed E-state index contributed by atoms with van der Waals surface area (Å²) in [5, 5.41) is 1.52. The van der Waals surface area contributed by atoms with Crippen molar-refractivity contribution in [3.8, 4) is 0 Å². The van der Waals surface area contributed by atoms with Gasteiger partial charge in [-0.2, -0.15) is 4.58 Å². The summed E-state index contributed by atoms with van der Waals surface area (Å²) in [5.74, 6) is 0. The van der Waals surface area contributed by atoms with E-state index in [2.05, 4.69) is 114 Å². The van der Waals surface area contributed by atoms with Crippen LogP contribution in [0.3, 0.4) is 0 Å². The maximum Gasteiger partial charge on any atom is 0.228 e. The third-order valence-electron chi connectivity index (χ3n) is 4.89. The number of rotatable bonds is 3. The highest BCUT2D eigenvalue weighted by Crippen LogP contribution is 2.32. The van der Waals surface area contributed by atoms with Gasteiger partial charge in [-0.05, 0) is 23.4 Å². The highest BCUT2D eigenvalue weighted by molar-refractivity contribution is 6.89. The summed E-state index contributed by atoms with van der Waals surface area (Å²) in [7, 11) is -1.47. The Morgan fingerprint density at radius 2 is 1.42 bits per heavy atom. The van der Waals surface area contributed by atoms with Gasteiger partial charge in [0.25, 0.3) is 0 Å². The average Bonchev–Trinajstić information content (AvgIpc) is 2.67. The van der Waals surface area contributed by atoms with Crippen LogP contribution in [0.4, 0.5) is 17.1 Å². The van der Waals surface area contributed by atoms with Gasteiger partial charge in [0, 0.05) is 17.8 Å². The molecule has 0 atom stereocenters. The van der Waals surface area contributed by atoms with E-state index in [4.69, 9.17) is 0 Å². The van der Waals surface area contributed by atoms with Gasteiger partial charge in [-0.25, -0.2) is 0 Å². The Morgan fingerprint density at radius 1 is 0.769 bits per heavy atom. The lowest BCUT2D eigenvalue weighted by Gasteiger charge is -2.32. The highest BCUT2D eigenvalue weighted by Gasteiger charge is 2.31. The molecule has 3 aromatic rings. The molecule has 0 aliphatic carbocycles. The molecule has 0 aromatic heterocycles. The topological polar surface area (TPSA) is 6.25 Å². The van der Waals surface area contributed by atoms with E-state index in [-0.39, 0.29) is 0 Å². The Kier molecular flexibility index (Phi) is 4.25. The Balaban J connectivity index is 1.93. The molecular weight excluding hydrogens is 332 g/mol. The van der Waals surface area contributed by atoms with Crippen molar-refractivity contribution in [2.45, 2.75) is 19.6 Å². The summed E-state index contributed by atoms with van der Waals surface area (Å²) in [6.45, 7) is 8.10. The second-order valence-corrected chi connectivity index (χ2v) is 12.9. The maximum absolute atomic E-state index is 2.47. The summed E-state index contributed by atoms with van der Waals surface area (Å²) in [6.07, 6.45) is 2.30. The van der Waals surface area contributed by atoms with Crippen molar-refractivity contribution in [2.75, 3.05) is 11.6 Å². The lowest BCUT2D eigenvalue weighted by atomic mass is 10.1. The largest absolute Gasteiger partial charge is 0.285 e. The fraction of sp³-hybridized carbons (Fsp3) is 0.174. The molecule has 0 saturated heterocycles. The van der Waals surface area contributed by atoms with Gasteiger partial charge in [-0.3, -0.25) is 4.90 Å². The Labute approximate surface area is 157 Å². The van der Waals surface area contributed by atoms with Gasteiger partial charge in [-0.15, -0.1) is 0 Å². The van der Waals surface area contributed by atoms with E-state index < -0.39 is 8.07 Å². The molecule has 130 valence electrons. The maximum atomic E-state index is 2.47. The van der Waals surface area contributed by atoms with Gasteiger partial charge in [0.1, 0.15) is 0 Å². The van der Waals surface area contributed by atoms with Crippen LogP contribution >= 0.6 is 0 Å². The molecule has 3 heteroatoms. The van der Waals surface area contributed by atoms with Crippen LogP contribution in [0, 0.1) is 0 Å². The van der Waals surface area contributed by atoms with E-state index in [9.17, 15) is 0 Å². The monoisotopic (exact) mass is 357 g/mol. The molecular formula is C23H25N2Si+. The molecule has 0 amide bonds. The van der Waals surface area contributed by atoms with Gasteiger partial charge in [0.2, 0.25) is 12.4 Å². The van der Waals surface area contributed by atoms with Crippen LogP contribution in [0.25, 0.3) is 0 Å². The summed E-state index contributed by atoms with van der Waals surface area (Å²) in [6, 6.07) is 28.1. The number of nitrogens with zero attached hydrogens (tertiary/aromatic N) is 2. The molecule has 0 N–H and O–H groups in total. The van der Waals surface area contributed by atoms with Gasteiger partial charge >= 0.3 is 0 Å². The number of anilines is 2. The molecule has 1 aliphatic rings. The Morgan fingerprint density at radius 3 is 2.08 bits per heavy atom. The van der Waals surface area contributed by atoms with Crippen LogP contribution in [-0.2, 0) is 0 Å². The van der Waals surface area contributed by atoms with Crippen molar-refractivity contribution in [1.29, 1.82) is 0 Å². The standard InChI is InChI=1S/C23H25N2Si/c1-26(2,3)22-16-10-11-19-17-24(20-12-6-4-7-13-20)18-25(23(19)22)21-14-8-5-9-15-21/h4-17H,18H2,1-3H3/q+1. The molecule has 3 aromatic carbocycles. The summed E-state index contributed by atoms with van der Waals surface area (Å²) in [4.78, 5) is 2.47. The number of para-hydroxylation sites is 3. The van der Waals surface area contributed by atoms with Crippen molar-refractivity contribution >= 4 is 36.5 Å². The minimum absolute atomic E-state index is 0.822. The zero-order valence-corrected chi connectivity index (χ0v) is 16.7. The first-order valence-corrected chi connectivity index (χ1v) is 12.7. The third-order valence-corrected chi connectivity index (χ3v) is 6.91. The summed E-state index contributed by atoms with van der Waals surface area (Å²) >= 11 is 0. The first-order chi connectivity index (χ1) is 12.5. The molecule has 26 heavy (non-hydrogen) atoms. The lowest BCUT2D eigenvalue weighted by molar-refractivity contribution is -0.434. The number of benzene rings is 3. The number of fused-ring (bicyclic) bond motifs is 1. The molecule has 1 aliphatic heterocycles. The van der Waals surface area contributed by atoms with E-state index in [1.54, 1.807) is 0 Å². The van der Waals surface area contributed by atoms with Crippen LogP contribution < -0.4 is 10.1 Å². The first kappa shape index (κ1) is 16.8. The fourth-order valence-corrected chi connectivity index (χ4v) is 5.18.